The maximum Gasteiger partial charge on any atom is 0.321 e. The second kappa shape index (κ2) is 5.33. The molecule has 0 aromatic carbocycles. The molecule has 5 nitrogen and oxygen atoms in total. The number of hydrogen-bond donors (Lipinski definition) is 2. The number of hydrogen-bond acceptors (Lipinski definition) is 3. The van der Waals surface area contributed by atoms with Crippen molar-refractivity contribution >= 4 is 5.97 Å². The molecule has 1 aliphatic rings. The van der Waals surface area contributed by atoms with Gasteiger partial charge in [-0.25, -0.2) is 4.98 Å². The molecule has 0 bridgehead atoms. The Morgan fingerprint density at radius 1 is 1.63 bits per heavy atom. The number of carboxylic acid groups (broad SMARTS) is 1. The zero-order valence-corrected chi connectivity index (χ0v) is 11.9. The van der Waals surface area contributed by atoms with Crippen LogP contribution in [0.15, 0.2) is 6.33 Å². The van der Waals surface area contributed by atoms with E-state index in [1.165, 1.54) is 5.69 Å². The summed E-state index contributed by atoms with van der Waals surface area (Å²) in [6, 6.07) is -0.535. The van der Waals surface area contributed by atoms with E-state index in [2.05, 4.69) is 35.6 Å². The van der Waals surface area contributed by atoms with Crippen molar-refractivity contribution in [1.82, 2.24) is 14.9 Å². The number of aromatic nitrogens is 2. The van der Waals surface area contributed by atoms with E-state index < -0.39 is 12.0 Å². The molecule has 2 heterocycles. The van der Waals surface area contributed by atoms with E-state index >= 15 is 0 Å². The highest BCUT2D eigenvalue weighted by Gasteiger charge is 2.40. The predicted octanol–water partition coefficient (Wildman–Crippen LogP) is 1.91. The van der Waals surface area contributed by atoms with Crippen LogP contribution >= 0.6 is 0 Å². The molecule has 2 atom stereocenters. The molecule has 19 heavy (non-hydrogen) atoms. The third-order valence-corrected chi connectivity index (χ3v) is 4.08. The summed E-state index contributed by atoms with van der Waals surface area (Å²) in [5.74, 6) is -0.798. The summed E-state index contributed by atoms with van der Waals surface area (Å²) in [4.78, 5) is 15.7. The van der Waals surface area contributed by atoms with E-state index in [9.17, 15) is 9.90 Å². The lowest BCUT2D eigenvalue weighted by Crippen LogP contribution is -2.54. The molecule has 0 spiro atoms. The third-order valence-electron chi connectivity index (χ3n) is 4.08. The molecule has 2 N–H and O–H groups in total. The summed E-state index contributed by atoms with van der Waals surface area (Å²) in [7, 11) is 0. The molecule has 2 unspecified atom stereocenters. The van der Waals surface area contributed by atoms with Gasteiger partial charge in [0.15, 0.2) is 0 Å². The van der Waals surface area contributed by atoms with Crippen LogP contribution in [0.4, 0.5) is 0 Å². The molecule has 106 valence electrons. The fraction of sp³-hybridized carbons (Fsp3) is 0.714. The van der Waals surface area contributed by atoms with Crippen LogP contribution in [0.2, 0.25) is 0 Å². The van der Waals surface area contributed by atoms with Crippen LogP contribution in [-0.4, -0.2) is 26.7 Å². The van der Waals surface area contributed by atoms with Gasteiger partial charge >= 0.3 is 5.97 Å². The summed E-state index contributed by atoms with van der Waals surface area (Å²) in [6.45, 7) is 7.28. The maximum atomic E-state index is 11.2. The molecule has 0 fully saturated rings. The van der Waals surface area contributed by atoms with Crippen molar-refractivity contribution < 1.29 is 9.90 Å². The van der Waals surface area contributed by atoms with Gasteiger partial charge in [-0.2, -0.15) is 0 Å². The Balaban J connectivity index is 2.37. The molecule has 1 aromatic heterocycles. The fourth-order valence-corrected chi connectivity index (χ4v) is 2.82. The van der Waals surface area contributed by atoms with Crippen LogP contribution in [0, 0.1) is 0 Å². The first-order valence-electron chi connectivity index (χ1n) is 7.06. The SMILES string of the molecule is CCCCn1cnc2c1C(C)(CC)NC(C(=O)O)C2. The topological polar surface area (TPSA) is 67.2 Å². The van der Waals surface area contributed by atoms with E-state index in [0.29, 0.717) is 6.42 Å². The highest BCUT2D eigenvalue weighted by atomic mass is 16.4. The number of nitrogens with one attached hydrogen (secondary N) is 1. The fourth-order valence-electron chi connectivity index (χ4n) is 2.82. The second-order valence-corrected chi connectivity index (χ2v) is 5.51. The Morgan fingerprint density at radius 2 is 2.37 bits per heavy atom. The molecule has 0 radical (unpaired) electrons. The van der Waals surface area contributed by atoms with E-state index in [0.717, 1.165) is 31.5 Å². The lowest BCUT2D eigenvalue weighted by Gasteiger charge is -2.38. The Morgan fingerprint density at radius 3 is 2.95 bits per heavy atom. The Labute approximate surface area is 114 Å². The minimum Gasteiger partial charge on any atom is -0.480 e. The Hall–Kier alpha value is -1.36. The zero-order valence-electron chi connectivity index (χ0n) is 11.9. The lowest BCUT2D eigenvalue weighted by molar-refractivity contribution is -0.140. The summed E-state index contributed by atoms with van der Waals surface area (Å²) >= 11 is 0. The molecular formula is C14H23N3O2. The average molecular weight is 265 g/mol. The minimum atomic E-state index is -0.798. The van der Waals surface area contributed by atoms with E-state index in [4.69, 9.17) is 0 Å². The third kappa shape index (κ3) is 2.52. The molecular weight excluding hydrogens is 242 g/mol. The lowest BCUT2D eigenvalue weighted by atomic mass is 9.85. The van der Waals surface area contributed by atoms with Gasteiger partial charge in [0, 0.05) is 13.0 Å². The first-order chi connectivity index (χ1) is 9.01. The van der Waals surface area contributed by atoms with E-state index in [1.54, 1.807) is 0 Å². The first-order valence-corrected chi connectivity index (χ1v) is 7.06. The first kappa shape index (κ1) is 14.1. The van der Waals surface area contributed by atoms with Crippen LogP contribution in [-0.2, 0) is 23.3 Å². The maximum absolute atomic E-state index is 11.2. The molecule has 1 aliphatic heterocycles. The molecule has 0 saturated heterocycles. The normalized spacial score (nSPS) is 26.2. The van der Waals surface area contributed by atoms with Crippen LogP contribution in [0.5, 0.6) is 0 Å². The van der Waals surface area contributed by atoms with Crippen molar-refractivity contribution in [1.29, 1.82) is 0 Å². The summed E-state index contributed by atoms with van der Waals surface area (Å²) in [5.41, 5.74) is 1.80. The van der Waals surface area contributed by atoms with Crippen molar-refractivity contribution in [3.63, 3.8) is 0 Å². The quantitative estimate of drug-likeness (QED) is 0.853. The van der Waals surface area contributed by atoms with Crippen molar-refractivity contribution in [2.45, 2.75) is 64.6 Å². The van der Waals surface area contributed by atoms with E-state index in [1.807, 2.05) is 6.33 Å². The van der Waals surface area contributed by atoms with Gasteiger partial charge in [-0.1, -0.05) is 20.3 Å². The van der Waals surface area contributed by atoms with Crippen LogP contribution < -0.4 is 5.32 Å². The number of unbranched alkanes of at least 4 members (excludes halogenated alkanes) is 1. The number of fused-ring (bicyclic) bond motifs is 1. The molecule has 5 heteroatoms. The Kier molecular flexibility index (Phi) is 3.94. The largest absolute Gasteiger partial charge is 0.480 e. The van der Waals surface area contributed by atoms with Crippen LogP contribution in [0.25, 0.3) is 0 Å². The van der Waals surface area contributed by atoms with Gasteiger partial charge in [-0.15, -0.1) is 0 Å². The molecule has 0 aliphatic carbocycles. The van der Waals surface area contributed by atoms with Crippen molar-refractivity contribution in [3.05, 3.63) is 17.7 Å². The number of nitrogens with zero attached hydrogens (tertiary/aromatic N) is 2. The zero-order chi connectivity index (χ0) is 14.0. The van der Waals surface area contributed by atoms with Gasteiger partial charge < -0.3 is 9.67 Å². The smallest absolute Gasteiger partial charge is 0.321 e. The molecule has 2 rings (SSSR count). The van der Waals surface area contributed by atoms with Crippen LogP contribution in [0.1, 0.15) is 51.4 Å². The van der Waals surface area contributed by atoms with Crippen molar-refractivity contribution in [2.75, 3.05) is 0 Å². The second-order valence-electron chi connectivity index (χ2n) is 5.51. The van der Waals surface area contributed by atoms with Gasteiger partial charge in [-0.3, -0.25) is 10.1 Å². The van der Waals surface area contributed by atoms with Crippen molar-refractivity contribution in [2.24, 2.45) is 0 Å². The summed E-state index contributed by atoms with van der Waals surface area (Å²) in [6.07, 6.45) is 5.44. The number of rotatable bonds is 5. The molecule has 0 saturated carbocycles. The average Bonchev–Trinajstić information content (AvgIpc) is 2.80. The molecule has 0 amide bonds. The van der Waals surface area contributed by atoms with Gasteiger partial charge in [-0.05, 0) is 19.8 Å². The Bertz CT molecular complexity index is 469. The van der Waals surface area contributed by atoms with Gasteiger partial charge in [0.2, 0.25) is 0 Å². The summed E-state index contributed by atoms with van der Waals surface area (Å²) < 4.78 is 2.19. The number of carbonyl (C=O) groups is 1. The van der Waals surface area contributed by atoms with Crippen LogP contribution in [0.3, 0.4) is 0 Å². The predicted molar refractivity (Wildman–Crippen MR) is 73.0 cm³/mol. The minimum absolute atomic E-state index is 0.305. The summed E-state index contributed by atoms with van der Waals surface area (Å²) in [5, 5.41) is 12.5. The molecule has 1 aromatic rings. The monoisotopic (exact) mass is 265 g/mol. The number of aryl methyl sites for hydroxylation is 1. The van der Waals surface area contributed by atoms with Crippen molar-refractivity contribution in [3.8, 4) is 0 Å². The highest BCUT2D eigenvalue weighted by molar-refractivity contribution is 5.74. The van der Waals surface area contributed by atoms with Gasteiger partial charge in [0.05, 0.1) is 23.3 Å². The van der Waals surface area contributed by atoms with E-state index in [-0.39, 0.29) is 5.54 Å². The number of imidazole rings is 1. The standard InChI is InChI=1S/C14H23N3O2/c1-4-6-7-17-9-15-10-8-11(13(18)19)16-14(3,5-2)12(10)17/h9,11,16H,4-8H2,1-3H3,(H,18,19). The highest BCUT2D eigenvalue weighted by Crippen LogP contribution is 2.33. The number of carboxylic acids is 1. The van der Waals surface area contributed by atoms with Gasteiger partial charge in [0.25, 0.3) is 0 Å². The van der Waals surface area contributed by atoms with Gasteiger partial charge in [0.1, 0.15) is 6.04 Å². The number of aliphatic carboxylic acids is 1.